The Balaban J connectivity index is 2.12. The lowest BCUT2D eigenvalue weighted by Crippen LogP contribution is -2.26. The highest BCUT2D eigenvalue weighted by Gasteiger charge is 2.20. The molecule has 0 aliphatic carbocycles. The van der Waals surface area contributed by atoms with Gasteiger partial charge in [0.25, 0.3) is 0 Å². The third-order valence-electron chi connectivity index (χ3n) is 2.86. The lowest BCUT2D eigenvalue weighted by Gasteiger charge is -2.25. The van der Waals surface area contributed by atoms with E-state index in [1.807, 2.05) is 37.3 Å². The van der Waals surface area contributed by atoms with Crippen molar-refractivity contribution in [2.45, 2.75) is 13.0 Å². The van der Waals surface area contributed by atoms with Crippen LogP contribution < -0.4 is 9.47 Å². The molecule has 1 atom stereocenters. The maximum atomic E-state index is 5.89. The summed E-state index contributed by atoms with van der Waals surface area (Å²) in [6.45, 7) is 2.63. The minimum absolute atomic E-state index is 0.104. The first-order chi connectivity index (χ1) is 8.34. The predicted molar refractivity (Wildman–Crippen MR) is 67.5 cm³/mol. The van der Waals surface area contributed by atoms with E-state index in [0.717, 1.165) is 22.6 Å². The lowest BCUT2D eigenvalue weighted by atomic mass is 10.0. The van der Waals surface area contributed by atoms with Crippen molar-refractivity contribution >= 4 is 0 Å². The summed E-state index contributed by atoms with van der Waals surface area (Å²) in [5, 5.41) is 0. The molecule has 2 heteroatoms. The van der Waals surface area contributed by atoms with Gasteiger partial charge in [-0.25, -0.2) is 0 Å². The second kappa shape index (κ2) is 4.13. The number of rotatable bonds is 1. The third-order valence-corrected chi connectivity index (χ3v) is 2.86. The van der Waals surface area contributed by atoms with Gasteiger partial charge in [0.2, 0.25) is 0 Å². The Morgan fingerprint density at radius 3 is 2.65 bits per heavy atom. The molecule has 0 radical (unpaired) electrons. The molecule has 0 fully saturated rings. The number of ether oxygens (including phenoxy) is 2. The van der Waals surface area contributed by atoms with Crippen molar-refractivity contribution in [1.82, 2.24) is 0 Å². The molecule has 0 saturated heterocycles. The average Bonchev–Trinajstić information content (AvgIpc) is 2.39. The van der Waals surface area contributed by atoms with E-state index in [0.29, 0.717) is 6.61 Å². The molecule has 17 heavy (non-hydrogen) atoms. The average molecular weight is 226 g/mol. The van der Waals surface area contributed by atoms with Crippen molar-refractivity contribution in [3.8, 4) is 22.6 Å². The molecule has 0 bridgehead atoms. The zero-order valence-corrected chi connectivity index (χ0v) is 9.72. The molecule has 2 aromatic carbocycles. The largest absolute Gasteiger partial charge is 0.486 e. The second-order valence-electron chi connectivity index (χ2n) is 4.24. The molecule has 0 aromatic heterocycles. The summed E-state index contributed by atoms with van der Waals surface area (Å²) in [6, 6.07) is 16.3. The fourth-order valence-electron chi connectivity index (χ4n) is 2.04. The normalized spacial score (nSPS) is 17.8. The van der Waals surface area contributed by atoms with Gasteiger partial charge < -0.3 is 9.47 Å². The number of hydrogen-bond donors (Lipinski definition) is 0. The predicted octanol–water partition coefficient (Wildman–Crippen LogP) is 3.51. The number of fused-ring (bicyclic) bond motifs is 1. The highest BCUT2D eigenvalue weighted by molar-refractivity contribution is 5.74. The van der Waals surface area contributed by atoms with E-state index < -0.39 is 0 Å². The molecule has 3 rings (SSSR count). The van der Waals surface area contributed by atoms with Crippen molar-refractivity contribution in [1.29, 1.82) is 0 Å². The number of benzene rings is 2. The fourth-order valence-corrected chi connectivity index (χ4v) is 2.04. The van der Waals surface area contributed by atoms with Gasteiger partial charge in [-0.1, -0.05) is 42.5 Å². The Hall–Kier alpha value is -1.96. The van der Waals surface area contributed by atoms with Crippen LogP contribution in [0.15, 0.2) is 48.5 Å². The first-order valence-electron chi connectivity index (χ1n) is 5.82. The maximum absolute atomic E-state index is 5.89. The summed E-state index contributed by atoms with van der Waals surface area (Å²) in [6.07, 6.45) is 0.104. The number of para-hydroxylation sites is 1. The van der Waals surface area contributed by atoms with Crippen molar-refractivity contribution in [2.24, 2.45) is 0 Å². The van der Waals surface area contributed by atoms with Gasteiger partial charge in [0, 0.05) is 5.56 Å². The van der Waals surface area contributed by atoms with Crippen molar-refractivity contribution < 1.29 is 9.47 Å². The van der Waals surface area contributed by atoms with Crippen LogP contribution in [0.2, 0.25) is 0 Å². The fraction of sp³-hybridized carbons (Fsp3) is 0.200. The molecule has 0 amide bonds. The van der Waals surface area contributed by atoms with Crippen LogP contribution in [0.25, 0.3) is 11.1 Å². The molecule has 86 valence electrons. The molecule has 2 aromatic rings. The van der Waals surface area contributed by atoms with E-state index in [4.69, 9.17) is 9.47 Å². The Bertz CT molecular complexity index is 520. The van der Waals surface area contributed by atoms with Gasteiger partial charge in [-0.15, -0.1) is 0 Å². The van der Waals surface area contributed by atoms with Crippen LogP contribution in [0.5, 0.6) is 11.5 Å². The van der Waals surface area contributed by atoms with Gasteiger partial charge in [-0.2, -0.15) is 0 Å². The Labute approximate surface area is 101 Å². The highest BCUT2D eigenvalue weighted by atomic mass is 16.6. The summed E-state index contributed by atoms with van der Waals surface area (Å²) in [7, 11) is 0. The minimum atomic E-state index is 0.104. The second-order valence-corrected chi connectivity index (χ2v) is 4.24. The van der Waals surface area contributed by atoms with Crippen LogP contribution in [0.1, 0.15) is 6.92 Å². The molecule has 2 nitrogen and oxygen atoms in total. The van der Waals surface area contributed by atoms with Crippen molar-refractivity contribution in [3.05, 3.63) is 48.5 Å². The van der Waals surface area contributed by atoms with E-state index >= 15 is 0 Å². The SMILES string of the molecule is CC1COc2cccc(-c3ccccc3)c2O1. The summed E-state index contributed by atoms with van der Waals surface area (Å²) >= 11 is 0. The van der Waals surface area contributed by atoms with E-state index in [1.165, 1.54) is 0 Å². The van der Waals surface area contributed by atoms with Gasteiger partial charge in [0.15, 0.2) is 11.5 Å². The van der Waals surface area contributed by atoms with Crippen LogP contribution >= 0.6 is 0 Å². The quantitative estimate of drug-likeness (QED) is 0.740. The van der Waals surface area contributed by atoms with Crippen LogP contribution in [0.4, 0.5) is 0 Å². The van der Waals surface area contributed by atoms with Crippen molar-refractivity contribution in [3.63, 3.8) is 0 Å². The molecule has 1 heterocycles. The van der Waals surface area contributed by atoms with E-state index in [2.05, 4.69) is 18.2 Å². The Morgan fingerprint density at radius 1 is 1.00 bits per heavy atom. The first-order valence-corrected chi connectivity index (χ1v) is 5.82. The zero-order valence-electron chi connectivity index (χ0n) is 9.72. The molecule has 1 aliphatic rings. The summed E-state index contributed by atoms with van der Waals surface area (Å²) < 4.78 is 11.6. The first kappa shape index (κ1) is 10.2. The minimum Gasteiger partial charge on any atom is -0.486 e. The van der Waals surface area contributed by atoms with Gasteiger partial charge >= 0.3 is 0 Å². The van der Waals surface area contributed by atoms with E-state index in [9.17, 15) is 0 Å². The third kappa shape index (κ3) is 1.86. The molecule has 1 unspecified atom stereocenters. The van der Waals surface area contributed by atoms with Crippen LogP contribution in [0, 0.1) is 0 Å². The lowest BCUT2D eigenvalue weighted by molar-refractivity contribution is 0.105. The molecule has 0 saturated carbocycles. The van der Waals surface area contributed by atoms with Gasteiger partial charge in [0.05, 0.1) is 0 Å². The molecular formula is C15H14O2. The monoisotopic (exact) mass is 226 g/mol. The summed E-state index contributed by atoms with van der Waals surface area (Å²) in [5.41, 5.74) is 2.25. The van der Waals surface area contributed by atoms with Crippen LogP contribution in [-0.2, 0) is 0 Å². The molecular weight excluding hydrogens is 212 g/mol. The molecule has 0 N–H and O–H groups in total. The Morgan fingerprint density at radius 2 is 1.82 bits per heavy atom. The zero-order chi connectivity index (χ0) is 11.7. The standard InChI is InChI=1S/C15H14O2/c1-11-10-16-14-9-5-8-13(15(14)17-11)12-6-3-2-4-7-12/h2-9,11H,10H2,1H3. The van der Waals surface area contributed by atoms with Gasteiger partial charge in [-0.3, -0.25) is 0 Å². The Kier molecular flexibility index (Phi) is 2.48. The summed E-state index contributed by atoms with van der Waals surface area (Å²) in [5.74, 6) is 1.70. The molecule has 1 aliphatic heterocycles. The van der Waals surface area contributed by atoms with Crippen molar-refractivity contribution in [2.75, 3.05) is 6.61 Å². The smallest absolute Gasteiger partial charge is 0.169 e. The van der Waals surface area contributed by atoms with E-state index in [1.54, 1.807) is 0 Å². The highest BCUT2D eigenvalue weighted by Crippen LogP contribution is 2.40. The number of hydrogen-bond acceptors (Lipinski definition) is 2. The van der Waals surface area contributed by atoms with Gasteiger partial charge in [-0.05, 0) is 18.6 Å². The summed E-state index contributed by atoms with van der Waals surface area (Å²) in [4.78, 5) is 0. The molecule has 0 spiro atoms. The topological polar surface area (TPSA) is 18.5 Å². The van der Waals surface area contributed by atoms with Crippen LogP contribution in [-0.4, -0.2) is 12.7 Å². The van der Waals surface area contributed by atoms with Gasteiger partial charge in [0.1, 0.15) is 12.7 Å². The van der Waals surface area contributed by atoms with Crippen LogP contribution in [0.3, 0.4) is 0 Å². The van der Waals surface area contributed by atoms with E-state index in [-0.39, 0.29) is 6.10 Å². The maximum Gasteiger partial charge on any atom is 0.169 e.